The van der Waals surface area contributed by atoms with E-state index in [1.54, 1.807) is 0 Å². The van der Waals surface area contributed by atoms with Crippen molar-refractivity contribution in [1.82, 2.24) is 0 Å². The molecule has 8 aromatic carbocycles. The van der Waals surface area contributed by atoms with Gasteiger partial charge in [-0.3, -0.25) is 0 Å². The lowest BCUT2D eigenvalue weighted by atomic mass is 9.99. The lowest BCUT2D eigenvalue weighted by Crippen LogP contribution is -2.11. The Hall–Kier alpha value is -6.42. The molecule has 51 heavy (non-hydrogen) atoms. The molecule has 0 aliphatic carbocycles. The third kappa shape index (κ3) is 5.01. The number of hydrogen-bond acceptors (Lipinski definition) is 3. The first-order valence-electron chi connectivity index (χ1n) is 17.3. The number of furan rings is 1. The molecule has 0 N–H and O–H groups in total. The third-order valence-electron chi connectivity index (χ3n) is 9.86. The van der Waals surface area contributed by atoms with Crippen molar-refractivity contribution in [1.29, 1.82) is 0 Å². The highest BCUT2D eigenvalue weighted by molar-refractivity contribution is 7.26. The van der Waals surface area contributed by atoms with E-state index in [0.717, 1.165) is 44.6 Å². The molecule has 0 amide bonds. The molecule has 0 aliphatic rings. The molecule has 2 aromatic heterocycles. The Bertz CT molecular complexity index is 2850. The summed E-state index contributed by atoms with van der Waals surface area (Å²) in [6, 6.07) is 67.3. The zero-order chi connectivity index (χ0) is 33.7. The van der Waals surface area contributed by atoms with Crippen molar-refractivity contribution >= 4 is 70.5 Å². The van der Waals surface area contributed by atoms with Gasteiger partial charge in [-0.2, -0.15) is 0 Å². The van der Waals surface area contributed by atoms with Crippen molar-refractivity contribution in [2.24, 2.45) is 0 Å². The molecular weight excluding hydrogens is 639 g/mol. The summed E-state index contributed by atoms with van der Waals surface area (Å²) in [7, 11) is 0. The fourth-order valence-electron chi connectivity index (χ4n) is 7.51. The molecule has 0 spiro atoms. The van der Waals surface area contributed by atoms with Crippen molar-refractivity contribution in [3.05, 3.63) is 188 Å². The molecule has 3 heteroatoms. The smallest absolute Gasteiger partial charge is 0.137 e. The first-order valence-corrected chi connectivity index (χ1v) is 18.1. The second kappa shape index (κ2) is 12.2. The molecular formula is C48H31NOS. The van der Waals surface area contributed by atoms with E-state index in [1.165, 1.54) is 48.0 Å². The summed E-state index contributed by atoms with van der Waals surface area (Å²) in [6.07, 6.45) is 0. The number of rotatable bonds is 6. The Balaban J connectivity index is 1.28. The molecule has 0 fully saturated rings. The number of thiophene rings is 1. The first kappa shape index (κ1) is 29.5. The van der Waals surface area contributed by atoms with E-state index in [0.29, 0.717) is 0 Å². The van der Waals surface area contributed by atoms with Crippen LogP contribution in [0.2, 0.25) is 0 Å². The minimum absolute atomic E-state index is 0.865. The van der Waals surface area contributed by atoms with Gasteiger partial charge in [0.2, 0.25) is 0 Å². The van der Waals surface area contributed by atoms with Crippen LogP contribution in [-0.4, -0.2) is 0 Å². The Labute approximate surface area is 300 Å². The number of hydrogen-bond donors (Lipinski definition) is 0. The maximum Gasteiger partial charge on any atom is 0.137 e. The molecule has 0 saturated carbocycles. The minimum Gasteiger partial charge on any atom is -0.456 e. The predicted molar refractivity (Wildman–Crippen MR) is 218 cm³/mol. The summed E-state index contributed by atoms with van der Waals surface area (Å²) in [4.78, 5) is 2.45. The zero-order valence-electron chi connectivity index (χ0n) is 27.7. The lowest BCUT2D eigenvalue weighted by Gasteiger charge is -2.28. The molecule has 0 bridgehead atoms. The SMILES string of the molecule is c1ccc(-c2cccc(N(c3cccc4oc5cc(-c6ccccc6)ccc5c34)c3ccc(-c4ccccc4)c4sc5ccccc5c34)c2)cc1. The summed E-state index contributed by atoms with van der Waals surface area (Å²) in [6.45, 7) is 0. The average molecular weight is 670 g/mol. The number of anilines is 3. The van der Waals surface area contributed by atoms with E-state index in [4.69, 9.17) is 4.42 Å². The van der Waals surface area contributed by atoms with Gasteiger partial charge in [-0.05, 0) is 81.9 Å². The van der Waals surface area contributed by atoms with Crippen LogP contribution in [0.4, 0.5) is 17.1 Å². The van der Waals surface area contributed by atoms with Crippen LogP contribution in [0.15, 0.2) is 192 Å². The van der Waals surface area contributed by atoms with E-state index in [-0.39, 0.29) is 0 Å². The van der Waals surface area contributed by atoms with E-state index in [9.17, 15) is 0 Å². The summed E-state index contributed by atoms with van der Waals surface area (Å²) in [5, 5.41) is 4.69. The molecule has 10 aromatic rings. The second-order valence-corrected chi connectivity index (χ2v) is 13.9. The molecule has 10 rings (SSSR count). The fourth-order valence-corrected chi connectivity index (χ4v) is 8.77. The molecule has 0 radical (unpaired) electrons. The molecule has 2 nitrogen and oxygen atoms in total. The number of nitrogens with zero attached hydrogens (tertiary/aromatic N) is 1. The Morgan fingerprint density at radius 3 is 1.78 bits per heavy atom. The van der Waals surface area contributed by atoms with Gasteiger partial charge in [0.25, 0.3) is 0 Å². The van der Waals surface area contributed by atoms with Crippen molar-refractivity contribution in [3.8, 4) is 33.4 Å². The maximum atomic E-state index is 6.67. The van der Waals surface area contributed by atoms with Crippen LogP contribution in [0.5, 0.6) is 0 Å². The van der Waals surface area contributed by atoms with Crippen molar-refractivity contribution in [2.75, 3.05) is 4.90 Å². The Morgan fingerprint density at radius 1 is 0.392 bits per heavy atom. The lowest BCUT2D eigenvalue weighted by molar-refractivity contribution is 0.669. The van der Waals surface area contributed by atoms with E-state index in [1.807, 2.05) is 11.3 Å². The highest BCUT2D eigenvalue weighted by atomic mass is 32.1. The van der Waals surface area contributed by atoms with Gasteiger partial charge in [-0.15, -0.1) is 11.3 Å². The van der Waals surface area contributed by atoms with Crippen molar-refractivity contribution in [2.45, 2.75) is 0 Å². The predicted octanol–water partition coefficient (Wildman–Crippen LogP) is 14.4. The van der Waals surface area contributed by atoms with E-state index in [2.05, 4.69) is 193 Å². The normalized spacial score (nSPS) is 11.5. The summed E-state index contributed by atoms with van der Waals surface area (Å²) < 4.78 is 9.22. The number of benzene rings is 8. The molecule has 0 aliphatic heterocycles. The third-order valence-corrected chi connectivity index (χ3v) is 11.1. The summed E-state index contributed by atoms with van der Waals surface area (Å²) >= 11 is 1.87. The largest absolute Gasteiger partial charge is 0.456 e. The highest BCUT2D eigenvalue weighted by Crippen LogP contribution is 2.50. The van der Waals surface area contributed by atoms with Crippen LogP contribution in [0, 0.1) is 0 Å². The summed E-state index contributed by atoms with van der Waals surface area (Å²) in [5.41, 5.74) is 12.2. The van der Waals surface area contributed by atoms with Crippen LogP contribution >= 0.6 is 11.3 Å². The molecule has 0 saturated heterocycles. The zero-order valence-corrected chi connectivity index (χ0v) is 28.5. The van der Waals surface area contributed by atoms with Crippen LogP contribution in [0.25, 0.3) is 75.5 Å². The van der Waals surface area contributed by atoms with E-state index < -0.39 is 0 Å². The van der Waals surface area contributed by atoms with Gasteiger partial charge in [-0.1, -0.05) is 140 Å². The maximum absolute atomic E-state index is 6.67. The van der Waals surface area contributed by atoms with Crippen LogP contribution in [-0.2, 0) is 0 Å². The summed E-state index contributed by atoms with van der Waals surface area (Å²) in [5.74, 6) is 0. The molecule has 2 heterocycles. The molecule has 0 atom stereocenters. The van der Waals surface area contributed by atoms with Gasteiger partial charge >= 0.3 is 0 Å². The molecule has 0 unspecified atom stereocenters. The topological polar surface area (TPSA) is 16.4 Å². The monoisotopic (exact) mass is 669 g/mol. The first-order chi connectivity index (χ1) is 25.3. The quantitative estimate of drug-likeness (QED) is 0.175. The van der Waals surface area contributed by atoms with Gasteiger partial charge in [0.15, 0.2) is 0 Å². The molecule has 240 valence electrons. The minimum atomic E-state index is 0.865. The second-order valence-electron chi connectivity index (χ2n) is 12.9. The van der Waals surface area contributed by atoms with Gasteiger partial charge in [0, 0.05) is 31.2 Å². The Morgan fingerprint density at radius 2 is 1.02 bits per heavy atom. The van der Waals surface area contributed by atoms with Crippen LogP contribution in [0.1, 0.15) is 0 Å². The van der Waals surface area contributed by atoms with E-state index >= 15 is 0 Å². The average Bonchev–Trinajstić information content (AvgIpc) is 3.78. The Kier molecular flexibility index (Phi) is 7.04. The van der Waals surface area contributed by atoms with Crippen molar-refractivity contribution < 1.29 is 4.42 Å². The van der Waals surface area contributed by atoms with Crippen LogP contribution < -0.4 is 4.90 Å². The van der Waals surface area contributed by atoms with Gasteiger partial charge < -0.3 is 9.32 Å². The van der Waals surface area contributed by atoms with Gasteiger partial charge in [-0.25, -0.2) is 0 Å². The van der Waals surface area contributed by atoms with Crippen LogP contribution in [0.3, 0.4) is 0 Å². The van der Waals surface area contributed by atoms with Gasteiger partial charge in [0.1, 0.15) is 11.2 Å². The fraction of sp³-hybridized carbons (Fsp3) is 0. The number of fused-ring (bicyclic) bond motifs is 6. The highest BCUT2D eigenvalue weighted by Gasteiger charge is 2.24. The standard InChI is InChI=1S/C48H31NOS/c1-4-14-32(15-5-1)35-20-12-21-37(30-35)49(41-23-13-24-43-46(41)39-27-26-36(31-44(39)50-43)33-16-6-2-7-17-33)42-29-28-38(34-18-8-3-9-19-34)48-47(42)40-22-10-11-25-45(40)51-48/h1-31H. The van der Waals surface area contributed by atoms with Gasteiger partial charge in [0.05, 0.1) is 16.8 Å². The van der Waals surface area contributed by atoms with Crippen molar-refractivity contribution in [3.63, 3.8) is 0 Å².